The van der Waals surface area contributed by atoms with Crippen molar-refractivity contribution in [3.05, 3.63) is 94.7 Å². The summed E-state index contributed by atoms with van der Waals surface area (Å²) in [6, 6.07) is 21.0. The molecule has 1 aliphatic heterocycles. The number of nitrogens with one attached hydrogen (secondary N) is 1. The third kappa shape index (κ3) is 4.39. The van der Waals surface area contributed by atoms with Crippen LogP contribution in [0.1, 0.15) is 22.3 Å². The first-order valence-corrected chi connectivity index (χ1v) is 11.1. The monoisotopic (exact) mass is 455 g/mol. The summed E-state index contributed by atoms with van der Waals surface area (Å²) in [6.07, 6.45) is 0. The molecule has 0 radical (unpaired) electrons. The highest BCUT2D eigenvalue weighted by atomic mass is 16.5. The summed E-state index contributed by atoms with van der Waals surface area (Å²) in [6.45, 7) is 4.09. The van der Waals surface area contributed by atoms with Crippen LogP contribution in [0.3, 0.4) is 0 Å². The molecule has 4 rings (SSSR count). The van der Waals surface area contributed by atoms with Crippen LogP contribution in [0.2, 0.25) is 0 Å². The fourth-order valence-corrected chi connectivity index (χ4v) is 4.17. The van der Waals surface area contributed by atoms with Gasteiger partial charge in [0.1, 0.15) is 11.4 Å². The van der Waals surface area contributed by atoms with Crippen molar-refractivity contribution in [3.8, 4) is 5.75 Å². The van der Waals surface area contributed by atoms with Gasteiger partial charge in [-0.15, -0.1) is 0 Å². The number of methoxy groups -OCH3 is 1. The number of aryl methyl sites for hydroxylation is 2. The Morgan fingerprint density at radius 3 is 2.26 bits per heavy atom. The van der Waals surface area contributed by atoms with E-state index < -0.39 is 0 Å². The van der Waals surface area contributed by atoms with Crippen LogP contribution in [0.5, 0.6) is 5.75 Å². The number of para-hydroxylation sites is 1. The van der Waals surface area contributed by atoms with Gasteiger partial charge in [0.2, 0.25) is 0 Å². The smallest absolute Gasteiger partial charge is 0.278 e. The van der Waals surface area contributed by atoms with Crippen LogP contribution in [0.15, 0.2) is 72.4 Å². The zero-order valence-corrected chi connectivity index (χ0v) is 20.2. The van der Waals surface area contributed by atoms with Gasteiger partial charge < -0.3 is 15.0 Å². The number of anilines is 2. The number of hydrogen-bond donors (Lipinski definition) is 1. The highest BCUT2D eigenvalue weighted by Gasteiger charge is 2.40. The van der Waals surface area contributed by atoms with Gasteiger partial charge >= 0.3 is 0 Å². The van der Waals surface area contributed by atoms with Crippen molar-refractivity contribution in [1.82, 2.24) is 4.90 Å². The molecule has 1 aliphatic rings. The molecule has 3 aromatic rings. The van der Waals surface area contributed by atoms with E-state index in [2.05, 4.69) is 5.32 Å². The Balaban J connectivity index is 1.76. The highest BCUT2D eigenvalue weighted by Crippen LogP contribution is 2.34. The van der Waals surface area contributed by atoms with E-state index in [0.29, 0.717) is 11.3 Å². The lowest BCUT2D eigenvalue weighted by Gasteiger charge is -2.17. The normalized spacial score (nSPS) is 13.5. The second-order valence-electron chi connectivity index (χ2n) is 8.64. The van der Waals surface area contributed by atoms with E-state index in [1.54, 1.807) is 7.11 Å². The summed E-state index contributed by atoms with van der Waals surface area (Å²) in [7, 11) is 5.52. The van der Waals surface area contributed by atoms with Crippen LogP contribution in [-0.2, 0) is 16.1 Å². The molecule has 0 unspecified atom stereocenters. The van der Waals surface area contributed by atoms with Crippen LogP contribution in [0.4, 0.5) is 11.4 Å². The molecule has 0 atom stereocenters. The molecule has 0 fully saturated rings. The first-order valence-electron chi connectivity index (χ1n) is 11.1. The first kappa shape index (κ1) is 23.1. The van der Waals surface area contributed by atoms with Crippen molar-refractivity contribution in [2.24, 2.45) is 0 Å². The first-order chi connectivity index (χ1) is 16.3. The van der Waals surface area contributed by atoms with Crippen molar-refractivity contribution in [3.63, 3.8) is 0 Å². The Labute approximate surface area is 200 Å². The second-order valence-corrected chi connectivity index (χ2v) is 8.64. The fraction of sp³-hybridized carbons (Fsp3) is 0.214. The average molecular weight is 456 g/mol. The van der Waals surface area contributed by atoms with Gasteiger partial charge in [-0.05, 0) is 55.3 Å². The Bertz CT molecular complexity index is 1280. The molecule has 0 saturated carbocycles. The maximum absolute atomic E-state index is 13.7. The van der Waals surface area contributed by atoms with Gasteiger partial charge in [-0.3, -0.25) is 14.5 Å². The van der Waals surface area contributed by atoms with E-state index in [0.717, 1.165) is 33.6 Å². The molecule has 2 amide bonds. The van der Waals surface area contributed by atoms with Gasteiger partial charge in [-0.2, -0.15) is 0 Å². The number of benzene rings is 3. The Morgan fingerprint density at radius 2 is 1.62 bits per heavy atom. The summed E-state index contributed by atoms with van der Waals surface area (Å²) >= 11 is 0. The molecule has 34 heavy (non-hydrogen) atoms. The molecule has 0 bridgehead atoms. The molecular weight excluding hydrogens is 426 g/mol. The molecule has 1 N–H and O–H groups in total. The largest absolute Gasteiger partial charge is 0.496 e. The van der Waals surface area contributed by atoms with Crippen molar-refractivity contribution >= 4 is 28.8 Å². The van der Waals surface area contributed by atoms with Crippen LogP contribution in [-0.4, -0.2) is 37.9 Å². The number of carbonyl (C=O) groups excluding carboxylic acids is 2. The standard InChI is InChI=1S/C28H29N3O3/c1-18-10-15-23(19(2)16-18)25-26(29-21-11-13-22(14-12-21)30(3)4)28(33)31(27(25)32)17-20-8-6-7-9-24(20)34-5/h6-16,29H,17H2,1-5H3. The number of ether oxygens (including phenoxy) is 1. The lowest BCUT2D eigenvalue weighted by molar-refractivity contribution is -0.137. The van der Waals surface area contributed by atoms with Crippen LogP contribution < -0.4 is 15.0 Å². The molecule has 174 valence electrons. The van der Waals surface area contributed by atoms with E-state index in [9.17, 15) is 9.59 Å². The van der Waals surface area contributed by atoms with Gasteiger partial charge in [-0.25, -0.2) is 0 Å². The molecule has 0 spiro atoms. The van der Waals surface area contributed by atoms with Crippen molar-refractivity contribution in [2.45, 2.75) is 20.4 Å². The highest BCUT2D eigenvalue weighted by molar-refractivity contribution is 6.36. The minimum absolute atomic E-state index is 0.126. The Hall–Kier alpha value is -4.06. The van der Waals surface area contributed by atoms with Crippen LogP contribution in [0, 0.1) is 13.8 Å². The SMILES string of the molecule is COc1ccccc1CN1C(=O)C(Nc2ccc(N(C)C)cc2)=C(c2ccc(C)cc2C)C1=O. The molecule has 6 heteroatoms. The zero-order valence-electron chi connectivity index (χ0n) is 20.2. The minimum atomic E-state index is -0.359. The van der Waals surface area contributed by atoms with E-state index in [1.165, 1.54) is 4.90 Å². The van der Waals surface area contributed by atoms with E-state index >= 15 is 0 Å². The van der Waals surface area contributed by atoms with Crippen molar-refractivity contribution < 1.29 is 14.3 Å². The maximum atomic E-state index is 13.7. The van der Waals surface area contributed by atoms with Gasteiger partial charge in [0.25, 0.3) is 11.8 Å². The van der Waals surface area contributed by atoms with Crippen LogP contribution in [0.25, 0.3) is 5.57 Å². The van der Waals surface area contributed by atoms with Gasteiger partial charge in [-0.1, -0.05) is 42.0 Å². The van der Waals surface area contributed by atoms with Gasteiger partial charge in [0.15, 0.2) is 0 Å². The summed E-state index contributed by atoms with van der Waals surface area (Å²) < 4.78 is 5.44. The quantitative estimate of drug-likeness (QED) is 0.520. The van der Waals surface area contributed by atoms with E-state index in [-0.39, 0.29) is 24.1 Å². The van der Waals surface area contributed by atoms with Crippen molar-refractivity contribution in [2.75, 3.05) is 31.4 Å². The average Bonchev–Trinajstić information content (AvgIpc) is 3.04. The molecule has 0 saturated heterocycles. The van der Waals surface area contributed by atoms with E-state index in [4.69, 9.17) is 4.74 Å². The summed E-state index contributed by atoms with van der Waals surface area (Å²) in [5.41, 5.74) is 6.00. The third-order valence-corrected chi connectivity index (χ3v) is 5.99. The Kier molecular flexibility index (Phi) is 6.41. The molecule has 0 aliphatic carbocycles. The molecule has 1 heterocycles. The zero-order chi connectivity index (χ0) is 24.4. The van der Waals surface area contributed by atoms with Crippen molar-refractivity contribution in [1.29, 1.82) is 0 Å². The number of imide groups is 1. The number of hydrogen-bond acceptors (Lipinski definition) is 5. The summed E-state index contributed by atoms with van der Waals surface area (Å²) in [5.74, 6) is -0.0466. The summed E-state index contributed by atoms with van der Waals surface area (Å²) in [5, 5.41) is 3.24. The topological polar surface area (TPSA) is 61.9 Å². The van der Waals surface area contributed by atoms with Gasteiger partial charge in [0, 0.05) is 31.0 Å². The van der Waals surface area contributed by atoms with Crippen LogP contribution >= 0.6 is 0 Å². The number of amides is 2. The molecule has 6 nitrogen and oxygen atoms in total. The predicted octanol–water partition coefficient (Wildman–Crippen LogP) is 4.77. The number of rotatable bonds is 7. The lowest BCUT2D eigenvalue weighted by Crippen LogP contribution is -2.32. The third-order valence-electron chi connectivity index (χ3n) is 5.99. The Morgan fingerprint density at radius 1 is 0.912 bits per heavy atom. The molecular formula is C28H29N3O3. The fourth-order valence-electron chi connectivity index (χ4n) is 4.17. The van der Waals surface area contributed by atoms with Gasteiger partial charge in [0.05, 0.1) is 19.2 Å². The van der Waals surface area contributed by atoms with E-state index in [1.807, 2.05) is 99.6 Å². The maximum Gasteiger partial charge on any atom is 0.278 e. The molecule has 3 aromatic carbocycles. The predicted molar refractivity (Wildman–Crippen MR) is 136 cm³/mol. The molecule has 0 aromatic heterocycles. The number of nitrogens with zero attached hydrogens (tertiary/aromatic N) is 2. The second kappa shape index (κ2) is 9.43. The minimum Gasteiger partial charge on any atom is -0.496 e. The summed E-state index contributed by atoms with van der Waals surface area (Å²) in [4.78, 5) is 30.5. The lowest BCUT2D eigenvalue weighted by atomic mass is 9.97. The number of carbonyl (C=O) groups is 2.